The highest BCUT2D eigenvalue weighted by atomic mass is 35.5. The molecule has 0 aliphatic heterocycles. The number of carbonyl (C=O) groups is 1. The van der Waals surface area contributed by atoms with Gasteiger partial charge in [-0.15, -0.1) is 0 Å². The Morgan fingerprint density at radius 3 is 2.18 bits per heavy atom. The minimum atomic E-state index is -1.39. The van der Waals surface area contributed by atoms with Crippen molar-refractivity contribution in [2.24, 2.45) is 0 Å². The van der Waals surface area contributed by atoms with Crippen molar-refractivity contribution < 1.29 is 19.0 Å². The predicted molar refractivity (Wildman–Crippen MR) is 154 cm³/mol. The number of pyridine rings is 1. The number of carbonyl (C=O) groups excluding carboxylic acids is 1. The summed E-state index contributed by atoms with van der Waals surface area (Å²) in [7, 11) is 1.54. The molecule has 0 spiro atoms. The van der Waals surface area contributed by atoms with E-state index in [0.717, 1.165) is 6.04 Å². The number of hydrogen-bond acceptors (Lipinski definition) is 7. The van der Waals surface area contributed by atoms with Gasteiger partial charge in [0.25, 0.3) is 0 Å². The van der Waals surface area contributed by atoms with E-state index in [1.54, 1.807) is 24.4 Å². The Bertz CT molecular complexity index is 1220. The zero-order valence-corrected chi connectivity index (χ0v) is 25.1. The summed E-state index contributed by atoms with van der Waals surface area (Å²) in [6.45, 7) is 7.12. The van der Waals surface area contributed by atoms with Crippen molar-refractivity contribution >= 4 is 60.4 Å². The molecule has 13 heteroatoms. The van der Waals surface area contributed by atoms with Crippen molar-refractivity contribution in [1.29, 1.82) is 0 Å². The first-order valence-corrected chi connectivity index (χ1v) is 16.5. The third kappa shape index (κ3) is 7.70. The summed E-state index contributed by atoms with van der Waals surface area (Å²) in [6, 6.07) is 8.83. The van der Waals surface area contributed by atoms with E-state index in [-0.39, 0.29) is 51.5 Å². The summed E-state index contributed by atoms with van der Waals surface area (Å²) in [5.41, 5.74) is 0.796. The molecule has 0 fully saturated rings. The second-order valence-electron chi connectivity index (χ2n) is 9.42. The lowest BCUT2D eigenvalue weighted by Crippen LogP contribution is -2.45. The molecule has 9 nitrogen and oxygen atoms in total. The van der Waals surface area contributed by atoms with Crippen molar-refractivity contribution in [2.75, 3.05) is 37.4 Å². The van der Waals surface area contributed by atoms with Gasteiger partial charge in [0.2, 0.25) is 0 Å². The van der Waals surface area contributed by atoms with Crippen LogP contribution < -0.4 is 19.3 Å². The maximum absolute atomic E-state index is 14.3. The molecule has 0 saturated heterocycles. The van der Waals surface area contributed by atoms with Gasteiger partial charge in [-0.3, -0.25) is 14.8 Å². The van der Waals surface area contributed by atoms with E-state index in [2.05, 4.69) is 34.6 Å². The number of ether oxygens (including phenoxy) is 3. The molecule has 0 atom stereocenters. The number of urea groups is 1. The normalized spacial score (nSPS) is 11.3. The molecule has 0 aliphatic rings. The van der Waals surface area contributed by atoms with Crippen LogP contribution in [0.3, 0.4) is 0 Å². The Labute approximate surface area is 238 Å². The van der Waals surface area contributed by atoms with Crippen LogP contribution in [-0.4, -0.2) is 56.6 Å². The fourth-order valence-electron chi connectivity index (χ4n) is 3.38. The largest absolute Gasteiger partial charge is 0.495 e. The van der Waals surface area contributed by atoms with Gasteiger partial charge in [-0.2, -0.15) is 0 Å². The summed E-state index contributed by atoms with van der Waals surface area (Å²) in [6.07, 6.45) is 2.92. The molecule has 3 aromatic rings. The molecule has 204 valence electrons. The number of methoxy groups -OCH3 is 2. The smallest absolute Gasteiger partial charge is 0.332 e. The number of halogens is 3. The van der Waals surface area contributed by atoms with Gasteiger partial charge in [-0.1, -0.05) is 60.5 Å². The van der Waals surface area contributed by atoms with Gasteiger partial charge >= 0.3 is 6.03 Å². The molecule has 38 heavy (non-hydrogen) atoms. The lowest BCUT2D eigenvalue weighted by molar-refractivity contribution is 0.148. The average molecular weight is 599 g/mol. The Morgan fingerprint density at radius 2 is 1.63 bits per heavy atom. The van der Waals surface area contributed by atoms with Gasteiger partial charge in [-0.05, 0) is 18.2 Å². The molecule has 0 unspecified atom stereocenters. The molecule has 0 N–H and O–H groups in total. The van der Waals surface area contributed by atoms with Gasteiger partial charge in [-0.25, -0.2) is 14.8 Å². The number of anilines is 2. The molecule has 0 radical (unpaired) electrons. The van der Waals surface area contributed by atoms with Crippen LogP contribution in [0.15, 0.2) is 42.9 Å². The molecule has 2 aromatic heterocycles. The van der Waals surface area contributed by atoms with E-state index in [1.807, 2.05) is 6.07 Å². The molecule has 0 bridgehead atoms. The number of nitrogens with zero attached hydrogens (tertiary/aromatic N) is 5. The monoisotopic (exact) mass is 597 g/mol. The van der Waals surface area contributed by atoms with Crippen LogP contribution in [0.5, 0.6) is 11.5 Å². The summed E-state index contributed by atoms with van der Waals surface area (Å²) in [5, 5.41) is 0.420. The van der Waals surface area contributed by atoms with E-state index in [9.17, 15) is 4.79 Å². The second kappa shape index (κ2) is 13.4. The average Bonchev–Trinajstić information content (AvgIpc) is 2.88. The quantitative estimate of drug-likeness (QED) is 0.104. The van der Waals surface area contributed by atoms with Crippen molar-refractivity contribution in [3.8, 4) is 11.5 Å². The topological polar surface area (TPSA) is 89.9 Å². The zero-order valence-electron chi connectivity index (χ0n) is 21.9. The summed E-state index contributed by atoms with van der Waals surface area (Å²) < 4.78 is 16.9. The van der Waals surface area contributed by atoms with Crippen LogP contribution in [0.25, 0.3) is 0 Å². The lowest BCUT2D eigenvalue weighted by Gasteiger charge is -2.31. The molecular formula is C25H30Cl3N5O4Si. The maximum atomic E-state index is 14.3. The Balaban J connectivity index is 2.11. The highest BCUT2D eigenvalue weighted by Gasteiger charge is 2.31. The maximum Gasteiger partial charge on any atom is 0.332 e. The number of benzene rings is 1. The number of amides is 2. The zero-order chi connectivity index (χ0) is 27.9. The van der Waals surface area contributed by atoms with Crippen LogP contribution in [-0.2, 0) is 11.3 Å². The second-order valence-corrected chi connectivity index (χ2v) is 16.2. The molecule has 1 aromatic carbocycles. The highest BCUT2D eigenvalue weighted by molar-refractivity contribution is 6.76. The van der Waals surface area contributed by atoms with Crippen molar-refractivity contribution in [3.63, 3.8) is 0 Å². The molecule has 0 saturated carbocycles. The van der Waals surface area contributed by atoms with Crippen LogP contribution in [0.2, 0.25) is 40.9 Å². The standard InChI is InChI=1S/C25H30Cl3N5O4Si/c1-35-18-12-19(36-2)23(28)24(22(18)27)33(16-37-10-11-38(3,4)5)25(34)32(14-17-8-6-7-9-29-17)21-13-20(26)30-15-31-21/h6-9,12-13,15H,10-11,14,16H2,1-5H3. The Hall–Kier alpha value is -2.63. The fraction of sp³-hybridized carbons (Fsp3) is 0.360. The third-order valence-corrected chi connectivity index (χ3v) is 8.08. The first kappa shape index (κ1) is 29.9. The van der Waals surface area contributed by atoms with Crippen LogP contribution in [0, 0.1) is 0 Å². The van der Waals surface area contributed by atoms with E-state index < -0.39 is 14.1 Å². The summed E-state index contributed by atoms with van der Waals surface area (Å²) >= 11 is 19.6. The van der Waals surface area contributed by atoms with Gasteiger partial charge in [0.15, 0.2) is 0 Å². The number of hydrogen-bond donors (Lipinski definition) is 0. The van der Waals surface area contributed by atoms with Gasteiger partial charge in [0, 0.05) is 33.0 Å². The minimum Gasteiger partial charge on any atom is -0.495 e. The van der Waals surface area contributed by atoms with E-state index in [0.29, 0.717) is 12.3 Å². The highest BCUT2D eigenvalue weighted by Crippen LogP contribution is 2.46. The molecule has 3 rings (SSSR count). The third-order valence-electron chi connectivity index (χ3n) is 5.44. The van der Waals surface area contributed by atoms with E-state index >= 15 is 0 Å². The van der Waals surface area contributed by atoms with Gasteiger partial charge in [0.05, 0.1) is 32.1 Å². The molecule has 0 aliphatic carbocycles. The fourth-order valence-corrected chi connectivity index (χ4v) is 4.98. The predicted octanol–water partition coefficient (Wildman–Crippen LogP) is 6.79. The summed E-state index contributed by atoms with van der Waals surface area (Å²) in [4.78, 5) is 29.6. The van der Waals surface area contributed by atoms with Crippen LogP contribution in [0.1, 0.15) is 5.69 Å². The minimum absolute atomic E-state index is 0.0781. The van der Waals surface area contributed by atoms with Gasteiger partial charge in [0.1, 0.15) is 45.6 Å². The van der Waals surface area contributed by atoms with Crippen molar-refractivity contribution in [2.45, 2.75) is 32.2 Å². The molecular weight excluding hydrogens is 569 g/mol. The molecule has 2 amide bonds. The SMILES string of the molecule is COc1cc(OC)c(Cl)c(N(COCC[Si](C)(C)C)C(=O)N(Cc2ccccn2)c2cc(Cl)ncn2)c1Cl. The Kier molecular flexibility index (Phi) is 10.6. The Morgan fingerprint density at radius 1 is 0.947 bits per heavy atom. The lowest BCUT2D eigenvalue weighted by atomic mass is 10.2. The van der Waals surface area contributed by atoms with Crippen LogP contribution >= 0.6 is 34.8 Å². The molecule has 2 heterocycles. The first-order valence-electron chi connectivity index (χ1n) is 11.7. The van der Waals surface area contributed by atoms with E-state index in [1.165, 1.54) is 36.4 Å². The first-order chi connectivity index (χ1) is 18.1. The number of aromatic nitrogens is 3. The van der Waals surface area contributed by atoms with E-state index in [4.69, 9.17) is 49.0 Å². The van der Waals surface area contributed by atoms with Crippen molar-refractivity contribution in [1.82, 2.24) is 15.0 Å². The summed E-state index contributed by atoms with van der Waals surface area (Å²) in [5.74, 6) is 0.822. The van der Waals surface area contributed by atoms with Gasteiger partial charge < -0.3 is 14.2 Å². The van der Waals surface area contributed by atoms with Crippen molar-refractivity contribution in [3.05, 3.63) is 63.7 Å². The van der Waals surface area contributed by atoms with Crippen LogP contribution in [0.4, 0.5) is 16.3 Å². The number of rotatable bonds is 11.